The number of nitrogens with one attached hydrogen (secondary N) is 2. The number of carbonyl (C=O) groups is 2. The molecule has 2 fully saturated rings. The fraction of sp³-hybridized carbons (Fsp3) is 0.652. The summed E-state index contributed by atoms with van der Waals surface area (Å²) < 4.78 is 0. The number of piperidine rings is 1. The Morgan fingerprint density at radius 1 is 1.00 bits per heavy atom. The van der Waals surface area contributed by atoms with Gasteiger partial charge in [-0.3, -0.25) is 14.5 Å². The van der Waals surface area contributed by atoms with Gasteiger partial charge < -0.3 is 10.6 Å². The second-order valence-electron chi connectivity index (χ2n) is 8.71. The van der Waals surface area contributed by atoms with Crippen molar-refractivity contribution in [1.29, 1.82) is 0 Å². The van der Waals surface area contributed by atoms with Crippen LogP contribution in [0, 0.1) is 11.8 Å². The molecule has 2 aliphatic rings. The molecule has 1 aromatic rings. The summed E-state index contributed by atoms with van der Waals surface area (Å²) >= 11 is 0. The maximum absolute atomic E-state index is 12.8. The first-order valence-electron chi connectivity index (χ1n) is 10.9. The number of carbonyl (C=O) groups excluding carboxylic acids is 2. The first-order chi connectivity index (χ1) is 13.5. The van der Waals surface area contributed by atoms with Crippen LogP contribution >= 0.6 is 0 Å². The van der Waals surface area contributed by atoms with Gasteiger partial charge in [0.1, 0.15) is 0 Å². The van der Waals surface area contributed by atoms with Crippen LogP contribution in [0.5, 0.6) is 0 Å². The maximum Gasteiger partial charge on any atom is 0.251 e. The summed E-state index contributed by atoms with van der Waals surface area (Å²) in [6.07, 6.45) is 5.33. The summed E-state index contributed by atoms with van der Waals surface area (Å²) in [6.45, 7) is 8.24. The number of rotatable bonds is 5. The Morgan fingerprint density at radius 2 is 1.68 bits per heavy atom. The summed E-state index contributed by atoms with van der Waals surface area (Å²) in [5.74, 6) is 1.37. The lowest BCUT2D eigenvalue weighted by Crippen LogP contribution is -2.54. The monoisotopic (exact) mass is 385 g/mol. The highest BCUT2D eigenvalue weighted by Gasteiger charge is 2.32. The average molecular weight is 386 g/mol. The van der Waals surface area contributed by atoms with Gasteiger partial charge in [0.25, 0.3) is 5.91 Å². The van der Waals surface area contributed by atoms with Crippen LogP contribution in [0.15, 0.2) is 30.3 Å². The van der Waals surface area contributed by atoms with E-state index >= 15 is 0 Å². The first-order valence-corrected chi connectivity index (χ1v) is 10.9. The number of hydrogen-bond acceptors (Lipinski definition) is 3. The zero-order chi connectivity index (χ0) is 20.1. The van der Waals surface area contributed by atoms with Crippen molar-refractivity contribution in [1.82, 2.24) is 15.5 Å². The van der Waals surface area contributed by atoms with Crippen molar-refractivity contribution in [2.75, 3.05) is 13.1 Å². The van der Waals surface area contributed by atoms with Gasteiger partial charge in [-0.25, -0.2) is 0 Å². The molecule has 1 aromatic carbocycles. The molecule has 0 radical (unpaired) electrons. The molecule has 2 amide bonds. The lowest BCUT2D eigenvalue weighted by Gasteiger charge is -2.38. The lowest BCUT2D eigenvalue weighted by molar-refractivity contribution is -0.127. The highest BCUT2D eigenvalue weighted by molar-refractivity contribution is 5.94. The van der Waals surface area contributed by atoms with Crippen LogP contribution in [0.2, 0.25) is 0 Å². The molecule has 2 N–H and O–H groups in total. The van der Waals surface area contributed by atoms with Gasteiger partial charge in [-0.05, 0) is 50.2 Å². The van der Waals surface area contributed by atoms with Gasteiger partial charge in [0.2, 0.25) is 5.91 Å². The highest BCUT2D eigenvalue weighted by atomic mass is 16.2. The van der Waals surface area contributed by atoms with Crippen LogP contribution in [-0.4, -0.2) is 47.9 Å². The van der Waals surface area contributed by atoms with Crippen molar-refractivity contribution >= 4 is 11.8 Å². The third-order valence-electron chi connectivity index (χ3n) is 6.86. The number of likely N-dealkylation sites (tertiary alicyclic amines) is 1. The van der Waals surface area contributed by atoms with E-state index in [9.17, 15) is 9.59 Å². The van der Waals surface area contributed by atoms with Crippen molar-refractivity contribution in [3.05, 3.63) is 35.9 Å². The Kier molecular flexibility index (Phi) is 7.11. The summed E-state index contributed by atoms with van der Waals surface area (Å²) in [5.41, 5.74) is 0.702. The number of nitrogens with zero attached hydrogens (tertiary/aromatic N) is 1. The van der Waals surface area contributed by atoms with Crippen molar-refractivity contribution in [3.63, 3.8) is 0 Å². The predicted octanol–water partition coefficient (Wildman–Crippen LogP) is 3.21. The van der Waals surface area contributed by atoms with E-state index in [4.69, 9.17) is 0 Å². The van der Waals surface area contributed by atoms with Crippen LogP contribution in [-0.2, 0) is 4.79 Å². The number of hydrogen-bond donors (Lipinski definition) is 2. The molecule has 0 bridgehead atoms. The van der Waals surface area contributed by atoms with E-state index in [1.165, 1.54) is 12.8 Å². The van der Waals surface area contributed by atoms with Gasteiger partial charge in [0.05, 0.1) is 6.04 Å². The molecule has 28 heavy (non-hydrogen) atoms. The highest BCUT2D eigenvalue weighted by Crippen LogP contribution is 2.29. The molecule has 0 unspecified atom stereocenters. The molecule has 0 spiro atoms. The Bertz CT molecular complexity index is 655. The fourth-order valence-electron chi connectivity index (χ4n) is 4.54. The largest absolute Gasteiger partial charge is 0.352 e. The minimum atomic E-state index is -0.116. The third-order valence-corrected chi connectivity index (χ3v) is 6.86. The smallest absolute Gasteiger partial charge is 0.251 e. The Morgan fingerprint density at radius 3 is 2.36 bits per heavy atom. The lowest BCUT2D eigenvalue weighted by atomic mass is 9.78. The van der Waals surface area contributed by atoms with Gasteiger partial charge in [-0.2, -0.15) is 0 Å². The summed E-state index contributed by atoms with van der Waals surface area (Å²) in [5, 5.41) is 6.44. The molecule has 154 valence electrons. The van der Waals surface area contributed by atoms with E-state index in [2.05, 4.69) is 29.4 Å². The maximum atomic E-state index is 12.8. The minimum Gasteiger partial charge on any atom is -0.352 e. The van der Waals surface area contributed by atoms with Crippen molar-refractivity contribution < 1.29 is 9.59 Å². The molecule has 1 heterocycles. The molecule has 1 aliphatic carbocycles. The molecule has 0 aromatic heterocycles. The van der Waals surface area contributed by atoms with Crippen LogP contribution in [0.1, 0.15) is 63.2 Å². The quantitative estimate of drug-likeness (QED) is 0.818. The van der Waals surface area contributed by atoms with Crippen molar-refractivity contribution in [2.24, 2.45) is 11.8 Å². The molecular formula is C23H35N3O2. The Balaban J connectivity index is 1.45. The second-order valence-corrected chi connectivity index (χ2v) is 8.71. The van der Waals surface area contributed by atoms with Gasteiger partial charge >= 0.3 is 0 Å². The molecule has 3 rings (SSSR count). The molecular weight excluding hydrogens is 350 g/mol. The van der Waals surface area contributed by atoms with E-state index in [1.54, 1.807) is 0 Å². The van der Waals surface area contributed by atoms with Gasteiger partial charge in [0, 0.05) is 30.7 Å². The van der Waals surface area contributed by atoms with Crippen LogP contribution < -0.4 is 10.6 Å². The standard InChI is InChI=1S/C23H35N3O2/c1-16-8-7-11-21(17(16)2)25-22(27)18(3)26-14-12-20(13-15-26)24-23(28)19-9-5-4-6-10-19/h4-6,9-10,16-18,20-21H,7-8,11-15H2,1-3H3,(H,24,28)(H,25,27)/t16-,17-,18-,21+/m1/s1. The molecule has 5 nitrogen and oxygen atoms in total. The van der Waals surface area contributed by atoms with E-state index < -0.39 is 0 Å². The Labute approximate surface area is 169 Å². The normalized spacial score (nSPS) is 27.8. The Hall–Kier alpha value is -1.88. The zero-order valence-electron chi connectivity index (χ0n) is 17.5. The topological polar surface area (TPSA) is 61.4 Å². The van der Waals surface area contributed by atoms with E-state index in [1.807, 2.05) is 37.3 Å². The third kappa shape index (κ3) is 5.13. The summed E-state index contributed by atoms with van der Waals surface area (Å²) in [6, 6.07) is 9.72. The van der Waals surface area contributed by atoms with Gasteiger partial charge in [0.15, 0.2) is 0 Å². The van der Waals surface area contributed by atoms with E-state index in [-0.39, 0.29) is 23.9 Å². The van der Waals surface area contributed by atoms with Gasteiger partial charge in [-0.1, -0.05) is 44.9 Å². The van der Waals surface area contributed by atoms with Gasteiger partial charge in [-0.15, -0.1) is 0 Å². The van der Waals surface area contributed by atoms with Crippen molar-refractivity contribution in [3.8, 4) is 0 Å². The number of amides is 2. The molecule has 1 saturated heterocycles. The molecule has 5 heteroatoms. The second kappa shape index (κ2) is 9.55. The summed E-state index contributed by atoms with van der Waals surface area (Å²) in [4.78, 5) is 27.4. The predicted molar refractivity (Wildman–Crippen MR) is 112 cm³/mol. The summed E-state index contributed by atoms with van der Waals surface area (Å²) in [7, 11) is 0. The molecule has 1 aliphatic heterocycles. The zero-order valence-corrected chi connectivity index (χ0v) is 17.5. The average Bonchev–Trinajstić information content (AvgIpc) is 2.72. The minimum absolute atomic E-state index is 0.00903. The molecule has 4 atom stereocenters. The van der Waals surface area contributed by atoms with Crippen LogP contribution in [0.3, 0.4) is 0 Å². The molecule has 1 saturated carbocycles. The van der Waals surface area contributed by atoms with E-state index in [0.717, 1.165) is 32.4 Å². The fourth-order valence-corrected chi connectivity index (χ4v) is 4.54. The van der Waals surface area contributed by atoms with Crippen molar-refractivity contribution in [2.45, 2.75) is 71.0 Å². The first kappa shape index (κ1) is 20.8. The number of benzene rings is 1. The van der Waals surface area contributed by atoms with Crippen LogP contribution in [0.4, 0.5) is 0 Å². The van der Waals surface area contributed by atoms with E-state index in [0.29, 0.717) is 23.4 Å². The van der Waals surface area contributed by atoms with Crippen LogP contribution in [0.25, 0.3) is 0 Å². The SMILES string of the molecule is C[C@@H]1[C@H](C)CCC[C@@H]1NC(=O)[C@@H](C)N1CCC(NC(=O)c2ccccc2)CC1.